The van der Waals surface area contributed by atoms with Crippen molar-refractivity contribution in [2.75, 3.05) is 17.3 Å². The number of anilines is 2. The van der Waals surface area contributed by atoms with Gasteiger partial charge < -0.3 is 15.4 Å². The summed E-state index contributed by atoms with van der Waals surface area (Å²) in [4.78, 5) is 20.0. The molecule has 2 amide bonds. The topological polar surface area (TPSA) is 108 Å². The predicted molar refractivity (Wildman–Crippen MR) is 155 cm³/mol. The Balaban J connectivity index is 1.36. The number of methoxy groups -OCH3 is 1. The van der Waals surface area contributed by atoms with Crippen LogP contribution in [0.4, 0.5) is 16.3 Å². The van der Waals surface area contributed by atoms with E-state index in [1.54, 1.807) is 24.1 Å². The lowest BCUT2D eigenvalue weighted by Gasteiger charge is -2.38. The summed E-state index contributed by atoms with van der Waals surface area (Å²) in [6.45, 7) is 0.438. The molecule has 1 aliphatic rings. The third kappa shape index (κ3) is 6.24. The van der Waals surface area contributed by atoms with E-state index in [0.717, 1.165) is 53.9 Å². The normalized spacial score (nSPS) is 16.5. The van der Waals surface area contributed by atoms with Crippen LogP contribution in [0.2, 0.25) is 0 Å². The average molecular weight is 536 g/mol. The van der Waals surface area contributed by atoms with Crippen molar-refractivity contribution in [1.29, 1.82) is 5.26 Å². The molecule has 0 unspecified atom stereocenters. The molecule has 1 aliphatic carbocycles. The molecule has 1 fully saturated rings. The van der Waals surface area contributed by atoms with Crippen molar-refractivity contribution in [2.45, 2.75) is 44.3 Å². The highest BCUT2D eigenvalue weighted by Crippen LogP contribution is 2.37. The third-order valence-corrected chi connectivity index (χ3v) is 7.29. The van der Waals surface area contributed by atoms with Gasteiger partial charge >= 0.3 is 6.03 Å². The molecule has 0 saturated heterocycles. The first-order valence-corrected chi connectivity index (χ1v) is 13.4. The SMILES string of the molecule is COc1cc(-c2cnn(C)c2)ccc1N(C(=O)NCc1ccccc1)[C@H]1CC[C@H](Nc2ccc(C#N)cn2)CC1. The van der Waals surface area contributed by atoms with Gasteiger partial charge in [0.05, 0.1) is 24.6 Å². The number of aryl methyl sites for hydroxylation is 1. The zero-order valence-electron chi connectivity index (χ0n) is 22.7. The van der Waals surface area contributed by atoms with E-state index in [4.69, 9.17) is 10.00 Å². The second kappa shape index (κ2) is 12.3. The Labute approximate surface area is 234 Å². The summed E-state index contributed by atoms with van der Waals surface area (Å²) in [6, 6.07) is 21.6. The average Bonchev–Trinajstić information content (AvgIpc) is 3.44. The second-order valence-electron chi connectivity index (χ2n) is 10.00. The van der Waals surface area contributed by atoms with Crippen LogP contribution in [0, 0.1) is 11.3 Å². The molecule has 1 saturated carbocycles. The number of carbonyl (C=O) groups excluding carboxylic acids is 1. The van der Waals surface area contributed by atoms with E-state index in [9.17, 15) is 4.79 Å². The summed E-state index contributed by atoms with van der Waals surface area (Å²) in [7, 11) is 3.52. The van der Waals surface area contributed by atoms with E-state index >= 15 is 0 Å². The third-order valence-electron chi connectivity index (χ3n) is 7.29. The number of hydrogen-bond acceptors (Lipinski definition) is 6. The van der Waals surface area contributed by atoms with Gasteiger partial charge in [-0.1, -0.05) is 36.4 Å². The largest absolute Gasteiger partial charge is 0.495 e. The van der Waals surface area contributed by atoms with Gasteiger partial charge in [0.25, 0.3) is 0 Å². The van der Waals surface area contributed by atoms with Crippen LogP contribution in [-0.4, -0.2) is 40.0 Å². The maximum atomic E-state index is 13.8. The van der Waals surface area contributed by atoms with Crippen molar-refractivity contribution in [2.24, 2.45) is 7.05 Å². The zero-order valence-corrected chi connectivity index (χ0v) is 22.7. The Hall–Kier alpha value is -4.84. The fourth-order valence-electron chi connectivity index (χ4n) is 5.19. The number of nitrogens with zero attached hydrogens (tertiary/aromatic N) is 5. The van der Waals surface area contributed by atoms with Gasteiger partial charge in [-0.25, -0.2) is 9.78 Å². The van der Waals surface area contributed by atoms with Gasteiger partial charge in [-0.05, 0) is 61.1 Å². The van der Waals surface area contributed by atoms with Gasteiger partial charge in [0, 0.05) is 43.6 Å². The van der Waals surface area contributed by atoms with Gasteiger partial charge in [0.15, 0.2) is 0 Å². The van der Waals surface area contributed by atoms with Crippen LogP contribution in [0.1, 0.15) is 36.8 Å². The molecule has 5 rings (SSSR count). The van der Waals surface area contributed by atoms with Gasteiger partial charge in [-0.3, -0.25) is 9.58 Å². The molecule has 4 aromatic rings. The quantitative estimate of drug-likeness (QED) is 0.308. The maximum absolute atomic E-state index is 13.8. The molecule has 0 bridgehead atoms. The molecule has 2 aromatic heterocycles. The van der Waals surface area contributed by atoms with Crippen molar-refractivity contribution in [1.82, 2.24) is 20.1 Å². The highest BCUT2D eigenvalue weighted by atomic mass is 16.5. The first-order valence-electron chi connectivity index (χ1n) is 13.4. The Morgan fingerprint density at radius 2 is 1.88 bits per heavy atom. The van der Waals surface area contributed by atoms with Crippen LogP contribution < -0.4 is 20.3 Å². The Bertz CT molecular complexity index is 1470. The summed E-state index contributed by atoms with van der Waals surface area (Å²) in [5.74, 6) is 1.39. The van der Waals surface area contributed by atoms with Crippen LogP contribution >= 0.6 is 0 Å². The second-order valence-corrected chi connectivity index (χ2v) is 10.00. The number of hydrogen-bond donors (Lipinski definition) is 2. The standard InChI is InChI=1S/C31H33N7O2/c1-37-21-25(20-35-37)24-9-14-28(29(16-24)40-2)38(31(39)34-18-22-6-4-3-5-7-22)27-12-10-26(11-13-27)36-30-15-8-23(17-32)19-33-30/h3-9,14-16,19-21,26-27H,10-13,18H2,1-2H3,(H,33,36)(H,34,39)/t26-,27-. The number of ether oxygens (including phenoxy) is 1. The van der Waals surface area contributed by atoms with Crippen molar-refractivity contribution >= 4 is 17.5 Å². The fourth-order valence-corrected chi connectivity index (χ4v) is 5.19. The van der Waals surface area contributed by atoms with Crippen LogP contribution in [0.25, 0.3) is 11.1 Å². The summed E-state index contributed by atoms with van der Waals surface area (Å²) in [6.07, 6.45) is 8.75. The van der Waals surface area contributed by atoms with Crippen LogP contribution in [0.3, 0.4) is 0 Å². The van der Waals surface area contributed by atoms with Crippen LogP contribution in [0.15, 0.2) is 79.3 Å². The fraction of sp³-hybridized carbons (Fsp3) is 0.290. The van der Waals surface area contributed by atoms with E-state index < -0.39 is 0 Å². The molecule has 40 heavy (non-hydrogen) atoms. The lowest BCUT2D eigenvalue weighted by molar-refractivity contribution is 0.240. The number of aromatic nitrogens is 3. The molecule has 0 aliphatic heterocycles. The smallest absolute Gasteiger partial charge is 0.322 e. The molecule has 2 heterocycles. The molecule has 9 nitrogen and oxygen atoms in total. The van der Waals surface area contributed by atoms with Crippen LogP contribution in [0.5, 0.6) is 5.75 Å². The molecule has 9 heteroatoms. The first kappa shape index (κ1) is 26.8. The number of urea groups is 1. The summed E-state index contributed by atoms with van der Waals surface area (Å²) < 4.78 is 7.59. The molecule has 0 atom stereocenters. The van der Waals surface area contributed by atoms with E-state index in [1.807, 2.05) is 78.9 Å². The molecule has 204 valence electrons. The van der Waals surface area contributed by atoms with Crippen molar-refractivity contribution in [3.63, 3.8) is 0 Å². The van der Waals surface area contributed by atoms with Gasteiger partial charge in [-0.2, -0.15) is 10.4 Å². The van der Waals surface area contributed by atoms with Gasteiger partial charge in [0.1, 0.15) is 17.6 Å². The molecular weight excluding hydrogens is 502 g/mol. The molecule has 0 radical (unpaired) electrons. The number of rotatable bonds is 8. The minimum Gasteiger partial charge on any atom is -0.495 e. The highest BCUT2D eigenvalue weighted by molar-refractivity contribution is 5.95. The number of carbonyl (C=O) groups is 1. The number of pyridine rings is 1. The zero-order chi connectivity index (χ0) is 27.9. The predicted octanol–water partition coefficient (Wildman–Crippen LogP) is 5.50. The van der Waals surface area contributed by atoms with E-state index in [1.165, 1.54) is 0 Å². The molecular formula is C31H33N7O2. The monoisotopic (exact) mass is 535 g/mol. The summed E-state index contributed by atoms with van der Waals surface area (Å²) >= 11 is 0. The minimum atomic E-state index is -0.151. The lowest BCUT2D eigenvalue weighted by Crippen LogP contribution is -2.48. The van der Waals surface area contributed by atoms with Crippen molar-refractivity contribution in [3.05, 3.63) is 90.4 Å². The van der Waals surface area contributed by atoms with Gasteiger partial charge in [-0.15, -0.1) is 0 Å². The summed E-state index contributed by atoms with van der Waals surface area (Å²) in [5, 5.41) is 19.9. The van der Waals surface area contributed by atoms with Crippen LogP contribution in [-0.2, 0) is 13.6 Å². The molecule has 0 spiro atoms. The minimum absolute atomic E-state index is 0.000824. The first-order chi connectivity index (χ1) is 19.5. The summed E-state index contributed by atoms with van der Waals surface area (Å²) in [5.41, 5.74) is 4.27. The number of amides is 2. The number of benzene rings is 2. The number of nitrogens with one attached hydrogen (secondary N) is 2. The van der Waals surface area contributed by atoms with Gasteiger partial charge in [0.2, 0.25) is 0 Å². The highest BCUT2D eigenvalue weighted by Gasteiger charge is 2.32. The Morgan fingerprint density at radius 1 is 1.07 bits per heavy atom. The van der Waals surface area contributed by atoms with Crippen molar-refractivity contribution < 1.29 is 9.53 Å². The Morgan fingerprint density at radius 3 is 2.52 bits per heavy atom. The van der Waals surface area contributed by atoms with E-state index in [2.05, 4.69) is 26.8 Å². The Kier molecular flexibility index (Phi) is 8.26. The van der Waals surface area contributed by atoms with E-state index in [-0.39, 0.29) is 18.1 Å². The van der Waals surface area contributed by atoms with E-state index in [0.29, 0.717) is 17.9 Å². The number of nitriles is 1. The molecule has 2 aromatic carbocycles. The lowest BCUT2D eigenvalue weighted by atomic mass is 9.89. The maximum Gasteiger partial charge on any atom is 0.322 e. The van der Waals surface area contributed by atoms with Crippen molar-refractivity contribution in [3.8, 4) is 22.9 Å². The molecule has 2 N–H and O–H groups in total.